The van der Waals surface area contributed by atoms with Crippen molar-refractivity contribution in [2.24, 2.45) is 0 Å². The van der Waals surface area contributed by atoms with E-state index in [1.807, 2.05) is 0 Å². The van der Waals surface area contributed by atoms with Crippen LogP contribution in [0.15, 0.2) is 54.6 Å². The second kappa shape index (κ2) is 11.4. The number of benzene rings is 3. The number of nitrogens with zero attached hydrogens (tertiary/aromatic N) is 4. The Hall–Kier alpha value is -5.27. The van der Waals surface area contributed by atoms with Gasteiger partial charge in [0.1, 0.15) is 17.0 Å². The lowest BCUT2D eigenvalue weighted by Crippen LogP contribution is -2.43. The van der Waals surface area contributed by atoms with Crippen LogP contribution >= 0.6 is 0 Å². The molecule has 44 heavy (non-hydrogen) atoms. The number of ether oxygens (including phenoxy) is 1. The maximum Gasteiger partial charge on any atom is 0.332 e. The molecular formula is C30H25F5N6O3. The number of carbonyl (C=O) groups excluding carboxylic acids is 2. The molecule has 14 heteroatoms. The number of anilines is 5. The summed E-state index contributed by atoms with van der Waals surface area (Å²) in [6.07, 6.45) is 0. The molecule has 0 spiro atoms. The van der Waals surface area contributed by atoms with E-state index >= 15 is 0 Å². The van der Waals surface area contributed by atoms with Gasteiger partial charge >= 0.3 is 6.03 Å². The second-order valence-electron chi connectivity index (χ2n) is 10.4. The standard InChI is InChI=1S/C30H25F5N6O3/c1-15-23(32)25(34)26(35)27(24(15)33)41-28(42)30(2,3)40(29(41)43)14-16-5-6-17(31)13-20(16)36-18-7-9-19(10-8-18)37-21-11-12-22(44-4)39-38-21/h5-13,36H,14H2,1-4H3,(H,37,38). The van der Waals surface area contributed by atoms with Gasteiger partial charge in [0.15, 0.2) is 29.1 Å². The van der Waals surface area contributed by atoms with Crippen molar-refractivity contribution in [1.29, 1.82) is 0 Å². The summed E-state index contributed by atoms with van der Waals surface area (Å²) in [6, 6.07) is 12.7. The number of carbonyl (C=O) groups is 2. The van der Waals surface area contributed by atoms with Gasteiger partial charge in [-0.1, -0.05) is 6.07 Å². The lowest BCUT2D eigenvalue weighted by atomic mass is 10.0. The molecule has 228 valence electrons. The normalized spacial score (nSPS) is 14.3. The quantitative estimate of drug-likeness (QED) is 0.0986. The molecule has 4 aromatic rings. The predicted molar refractivity (Wildman–Crippen MR) is 152 cm³/mol. The van der Waals surface area contributed by atoms with Crippen LogP contribution in [0.5, 0.6) is 5.88 Å². The Kier molecular flexibility index (Phi) is 7.84. The zero-order valence-corrected chi connectivity index (χ0v) is 23.8. The number of imide groups is 1. The summed E-state index contributed by atoms with van der Waals surface area (Å²) in [5, 5.41) is 14.0. The van der Waals surface area contributed by atoms with Gasteiger partial charge in [-0.2, -0.15) is 0 Å². The van der Waals surface area contributed by atoms with E-state index in [2.05, 4.69) is 20.8 Å². The Bertz CT molecular complexity index is 1740. The number of aromatic nitrogens is 2. The van der Waals surface area contributed by atoms with Crippen LogP contribution in [0.1, 0.15) is 25.0 Å². The molecule has 3 amide bonds. The van der Waals surface area contributed by atoms with Gasteiger partial charge in [-0.15, -0.1) is 10.2 Å². The number of urea groups is 1. The summed E-state index contributed by atoms with van der Waals surface area (Å²) < 4.78 is 77.2. The number of rotatable bonds is 8. The number of hydrogen-bond donors (Lipinski definition) is 2. The average molecular weight is 613 g/mol. The van der Waals surface area contributed by atoms with Gasteiger partial charge in [0.25, 0.3) is 5.91 Å². The topological polar surface area (TPSA) is 99.7 Å². The molecule has 2 heterocycles. The molecule has 3 aromatic carbocycles. The van der Waals surface area contributed by atoms with Gasteiger partial charge in [-0.3, -0.25) is 4.79 Å². The lowest BCUT2D eigenvalue weighted by molar-refractivity contribution is -0.123. The Morgan fingerprint density at radius 2 is 1.48 bits per heavy atom. The van der Waals surface area contributed by atoms with E-state index in [0.717, 1.165) is 17.9 Å². The fraction of sp³-hybridized carbons (Fsp3) is 0.200. The highest BCUT2D eigenvalue weighted by Gasteiger charge is 2.53. The Morgan fingerprint density at radius 1 is 0.818 bits per heavy atom. The molecule has 1 aliphatic heterocycles. The van der Waals surface area contributed by atoms with Gasteiger partial charge in [-0.25, -0.2) is 31.6 Å². The summed E-state index contributed by atoms with van der Waals surface area (Å²) >= 11 is 0. The molecule has 0 aliphatic carbocycles. The summed E-state index contributed by atoms with van der Waals surface area (Å²) in [7, 11) is 1.48. The van der Waals surface area contributed by atoms with Crippen LogP contribution < -0.4 is 20.3 Å². The summed E-state index contributed by atoms with van der Waals surface area (Å²) in [5.41, 5.74) is -2.07. The van der Waals surface area contributed by atoms with Crippen molar-refractivity contribution in [2.45, 2.75) is 32.9 Å². The summed E-state index contributed by atoms with van der Waals surface area (Å²) in [5.74, 6) is -8.20. The lowest BCUT2D eigenvalue weighted by Gasteiger charge is -2.28. The number of methoxy groups -OCH3 is 1. The minimum absolute atomic E-state index is 0.162. The molecule has 1 aromatic heterocycles. The highest BCUT2D eigenvalue weighted by Crippen LogP contribution is 2.39. The number of amides is 3. The van der Waals surface area contributed by atoms with Gasteiger partial charge in [0.05, 0.1) is 13.7 Å². The second-order valence-corrected chi connectivity index (χ2v) is 10.4. The molecule has 9 nitrogen and oxygen atoms in total. The molecule has 0 unspecified atom stereocenters. The monoisotopic (exact) mass is 612 g/mol. The van der Waals surface area contributed by atoms with E-state index in [9.17, 15) is 31.5 Å². The van der Waals surface area contributed by atoms with E-state index in [-0.39, 0.29) is 17.1 Å². The number of hydrogen-bond acceptors (Lipinski definition) is 7. The summed E-state index contributed by atoms with van der Waals surface area (Å²) in [4.78, 5) is 27.9. The highest BCUT2D eigenvalue weighted by molar-refractivity contribution is 6.23. The minimum atomic E-state index is -2.01. The highest BCUT2D eigenvalue weighted by atomic mass is 19.2. The first-order valence-electron chi connectivity index (χ1n) is 13.1. The van der Waals surface area contributed by atoms with E-state index in [1.165, 1.54) is 33.1 Å². The van der Waals surface area contributed by atoms with Gasteiger partial charge in [0, 0.05) is 28.7 Å². The maximum atomic E-state index is 15.0. The molecule has 0 bridgehead atoms. The molecule has 5 rings (SSSR count). The van der Waals surface area contributed by atoms with E-state index < -0.39 is 57.8 Å². The third-order valence-corrected chi connectivity index (χ3v) is 7.19. The Morgan fingerprint density at radius 3 is 2.09 bits per heavy atom. The van der Waals surface area contributed by atoms with Crippen LogP contribution in [0.4, 0.5) is 55.3 Å². The smallest absolute Gasteiger partial charge is 0.332 e. The maximum absolute atomic E-state index is 15.0. The zero-order chi connectivity index (χ0) is 31.9. The molecule has 2 N–H and O–H groups in total. The van der Waals surface area contributed by atoms with Crippen molar-refractivity contribution in [3.8, 4) is 5.88 Å². The first kappa shape index (κ1) is 30.2. The number of nitrogens with one attached hydrogen (secondary N) is 2. The van der Waals surface area contributed by atoms with Gasteiger partial charge in [-0.05, 0) is 68.8 Å². The molecule has 0 atom stereocenters. The largest absolute Gasteiger partial charge is 0.480 e. The molecule has 1 aliphatic rings. The van der Waals surface area contributed by atoms with Crippen LogP contribution in [-0.4, -0.2) is 39.7 Å². The Balaban J connectivity index is 1.40. The molecular weight excluding hydrogens is 587 g/mol. The van der Waals surface area contributed by atoms with Crippen LogP contribution in [0.3, 0.4) is 0 Å². The predicted octanol–water partition coefficient (Wildman–Crippen LogP) is 6.72. The van der Waals surface area contributed by atoms with E-state index in [4.69, 9.17) is 4.74 Å². The SMILES string of the molecule is COc1ccc(Nc2ccc(Nc3cc(F)ccc3CN3C(=O)N(c4c(F)c(C)c(F)c(F)c4F)C(=O)C3(C)C)cc2)nn1. The van der Waals surface area contributed by atoms with Crippen molar-refractivity contribution in [2.75, 3.05) is 22.6 Å². The van der Waals surface area contributed by atoms with Crippen LogP contribution in [-0.2, 0) is 11.3 Å². The van der Waals surface area contributed by atoms with Crippen LogP contribution in [0, 0.1) is 36.0 Å². The van der Waals surface area contributed by atoms with Crippen molar-refractivity contribution >= 4 is 40.5 Å². The van der Waals surface area contributed by atoms with Crippen LogP contribution in [0.25, 0.3) is 0 Å². The zero-order valence-electron chi connectivity index (χ0n) is 23.8. The Labute approximate surface area is 248 Å². The first-order valence-corrected chi connectivity index (χ1v) is 13.1. The van der Waals surface area contributed by atoms with Crippen molar-refractivity contribution in [3.05, 3.63) is 94.8 Å². The molecule has 1 saturated heterocycles. The van der Waals surface area contributed by atoms with E-state index in [1.54, 1.807) is 36.4 Å². The molecule has 0 saturated carbocycles. The van der Waals surface area contributed by atoms with Crippen molar-refractivity contribution < 1.29 is 36.3 Å². The van der Waals surface area contributed by atoms with Crippen molar-refractivity contribution in [3.63, 3.8) is 0 Å². The first-order chi connectivity index (χ1) is 20.8. The number of halogens is 5. The van der Waals surface area contributed by atoms with Gasteiger partial charge < -0.3 is 20.3 Å². The third kappa shape index (κ3) is 5.34. The fourth-order valence-electron chi connectivity index (χ4n) is 4.64. The average Bonchev–Trinajstić information content (AvgIpc) is 3.17. The van der Waals surface area contributed by atoms with E-state index in [0.29, 0.717) is 28.6 Å². The molecule has 1 fully saturated rings. The van der Waals surface area contributed by atoms with Crippen LogP contribution in [0.2, 0.25) is 0 Å². The molecule has 0 radical (unpaired) electrons. The third-order valence-electron chi connectivity index (χ3n) is 7.19. The van der Waals surface area contributed by atoms with Gasteiger partial charge in [0.2, 0.25) is 5.88 Å². The fourth-order valence-corrected chi connectivity index (χ4v) is 4.64. The minimum Gasteiger partial charge on any atom is -0.480 e. The van der Waals surface area contributed by atoms with Crippen molar-refractivity contribution in [1.82, 2.24) is 15.1 Å². The summed E-state index contributed by atoms with van der Waals surface area (Å²) in [6.45, 7) is 3.23.